The average Bonchev–Trinajstić information content (AvgIpc) is 3.43. The molecular weight excluding hydrogens is 493 g/mol. The first-order valence-electron chi connectivity index (χ1n) is 11.8. The van der Waals surface area contributed by atoms with Gasteiger partial charge in [-0.1, -0.05) is 19.3 Å². The number of thioether (sulfide) groups is 1. The Kier molecular flexibility index (Phi) is 9.71. The van der Waals surface area contributed by atoms with E-state index >= 15 is 0 Å². The average molecular weight is 536 g/mol. The summed E-state index contributed by atoms with van der Waals surface area (Å²) in [6, 6.07) is 0. The van der Waals surface area contributed by atoms with E-state index in [1.807, 2.05) is 7.05 Å². The molecule has 5 nitrogen and oxygen atoms in total. The first kappa shape index (κ1) is 23.9. The summed E-state index contributed by atoms with van der Waals surface area (Å²) in [6.07, 6.45) is 11.1. The van der Waals surface area contributed by atoms with Crippen LogP contribution in [0.5, 0.6) is 0 Å². The highest BCUT2D eigenvalue weighted by Gasteiger charge is 2.39. The van der Waals surface area contributed by atoms with Crippen LogP contribution in [0.1, 0.15) is 51.4 Å². The van der Waals surface area contributed by atoms with Crippen LogP contribution in [0, 0.1) is 5.92 Å². The lowest BCUT2D eigenvalue weighted by atomic mass is 9.80. The van der Waals surface area contributed by atoms with E-state index in [-0.39, 0.29) is 24.0 Å². The summed E-state index contributed by atoms with van der Waals surface area (Å²) in [5.41, 5.74) is 0.365. The Morgan fingerprint density at radius 1 is 1.00 bits per heavy atom. The van der Waals surface area contributed by atoms with Gasteiger partial charge in [-0.05, 0) is 51.1 Å². The van der Waals surface area contributed by atoms with E-state index < -0.39 is 0 Å². The molecule has 1 N–H and O–H groups in total. The Balaban J connectivity index is 0.00000240. The van der Waals surface area contributed by atoms with Gasteiger partial charge in [0.15, 0.2) is 5.96 Å². The Labute approximate surface area is 199 Å². The third kappa shape index (κ3) is 6.16. The van der Waals surface area contributed by atoms with Gasteiger partial charge in [-0.15, -0.1) is 24.0 Å². The summed E-state index contributed by atoms with van der Waals surface area (Å²) in [5.74, 6) is 4.58. The SMILES string of the molecule is CN=C(NCC1(N2CCSCC2)CCCCC1)N1CCC(CN2CCCC2)C1.I. The van der Waals surface area contributed by atoms with Gasteiger partial charge in [-0.2, -0.15) is 11.8 Å². The molecule has 168 valence electrons. The first-order chi connectivity index (χ1) is 13.8. The third-order valence-corrected chi connectivity index (χ3v) is 8.50. The van der Waals surface area contributed by atoms with Crippen LogP contribution in [0.3, 0.4) is 0 Å². The minimum absolute atomic E-state index is 0. The van der Waals surface area contributed by atoms with Crippen molar-refractivity contribution in [2.45, 2.75) is 56.9 Å². The van der Waals surface area contributed by atoms with E-state index in [9.17, 15) is 0 Å². The zero-order chi connectivity index (χ0) is 19.2. The van der Waals surface area contributed by atoms with Crippen LogP contribution in [-0.2, 0) is 0 Å². The molecule has 7 heteroatoms. The van der Waals surface area contributed by atoms with Gasteiger partial charge in [0.2, 0.25) is 0 Å². The highest BCUT2D eigenvalue weighted by atomic mass is 127. The molecule has 0 aromatic carbocycles. The molecule has 3 heterocycles. The molecular formula is C22H42IN5S. The number of halogens is 1. The standard InChI is InChI=1S/C22H41N5S.HI/c1-23-21(26-12-7-20(18-26)17-25-10-5-6-11-25)24-19-22(8-3-2-4-9-22)27-13-15-28-16-14-27;/h20H,2-19H2,1H3,(H,23,24);1H. The van der Waals surface area contributed by atoms with Crippen molar-refractivity contribution in [3.05, 3.63) is 0 Å². The van der Waals surface area contributed by atoms with E-state index in [0.717, 1.165) is 18.4 Å². The number of nitrogens with zero attached hydrogens (tertiary/aromatic N) is 4. The van der Waals surface area contributed by atoms with Gasteiger partial charge in [0.05, 0.1) is 0 Å². The minimum atomic E-state index is 0. The Bertz CT molecular complexity index is 513. The molecule has 4 fully saturated rings. The smallest absolute Gasteiger partial charge is 0.193 e. The maximum Gasteiger partial charge on any atom is 0.193 e. The minimum Gasteiger partial charge on any atom is -0.354 e. The van der Waals surface area contributed by atoms with Crippen molar-refractivity contribution in [3.63, 3.8) is 0 Å². The quantitative estimate of drug-likeness (QED) is 0.332. The van der Waals surface area contributed by atoms with E-state index in [1.165, 1.54) is 109 Å². The van der Waals surface area contributed by atoms with E-state index in [1.54, 1.807) is 0 Å². The van der Waals surface area contributed by atoms with Crippen molar-refractivity contribution in [2.75, 3.05) is 70.9 Å². The second-order valence-electron chi connectivity index (χ2n) is 9.39. The number of nitrogens with one attached hydrogen (secondary N) is 1. The molecule has 1 saturated carbocycles. The van der Waals surface area contributed by atoms with Gasteiger partial charge in [0.25, 0.3) is 0 Å². The number of hydrogen-bond acceptors (Lipinski definition) is 4. The molecule has 1 atom stereocenters. The van der Waals surface area contributed by atoms with Crippen LogP contribution in [0.2, 0.25) is 0 Å². The van der Waals surface area contributed by atoms with Crippen LogP contribution in [0.15, 0.2) is 4.99 Å². The summed E-state index contributed by atoms with van der Waals surface area (Å²) in [5, 5.41) is 3.85. The summed E-state index contributed by atoms with van der Waals surface area (Å²) in [6.45, 7) is 9.91. The highest BCUT2D eigenvalue weighted by molar-refractivity contribution is 14.0. The summed E-state index contributed by atoms with van der Waals surface area (Å²) in [7, 11) is 1.97. The molecule has 0 radical (unpaired) electrons. The van der Waals surface area contributed by atoms with Crippen LogP contribution in [0.25, 0.3) is 0 Å². The topological polar surface area (TPSA) is 34.1 Å². The Hall–Kier alpha value is 0.270. The Morgan fingerprint density at radius 2 is 1.72 bits per heavy atom. The maximum atomic E-state index is 4.69. The molecule has 1 unspecified atom stereocenters. The highest BCUT2D eigenvalue weighted by Crippen LogP contribution is 2.35. The summed E-state index contributed by atoms with van der Waals surface area (Å²) in [4.78, 5) is 12.7. The van der Waals surface area contributed by atoms with Crippen LogP contribution in [-0.4, -0.2) is 97.1 Å². The number of likely N-dealkylation sites (tertiary alicyclic amines) is 2. The summed E-state index contributed by atoms with van der Waals surface area (Å²) >= 11 is 2.13. The molecule has 1 aliphatic carbocycles. The number of guanidine groups is 1. The number of rotatable bonds is 5. The Morgan fingerprint density at radius 3 is 2.41 bits per heavy atom. The van der Waals surface area contributed by atoms with Crippen molar-refractivity contribution in [3.8, 4) is 0 Å². The molecule has 3 saturated heterocycles. The lowest BCUT2D eigenvalue weighted by Crippen LogP contribution is -2.60. The summed E-state index contributed by atoms with van der Waals surface area (Å²) < 4.78 is 0. The van der Waals surface area contributed by atoms with E-state index in [4.69, 9.17) is 4.99 Å². The first-order valence-corrected chi connectivity index (χ1v) is 13.0. The molecule has 3 aliphatic heterocycles. The van der Waals surface area contributed by atoms with Gasteiger partial charge in [0.1, 0.15) is 0 Å². The lowest BCUT2D eigenvalue weighted by Gasteiger charge is -2.48. The fraction of sp³-hybridized carbons (Fsp3) is 0.955. The second kappa shape index (κ2) is 11.8. The van der Waals surface area contributed by atoms with Crippen LogP contribution >= 0.6 is 35.7 Å². The molecule has 4 rings (SSSR count). The van der Waals surface area contributed by atoms with Crippen molar-refractivity contribution in [2.24, 2.45) is 10.9 Å². The van der Waals surface area contributed by atoms with Gasteiger partial charge in [-0.25, -0.2) is 0 Å². The van der Waals surface area contributed by atoms with Crippen molar-refractivity contribution in [1.29, 1.82) is 0 Å². The predicted octanol–water partition coefficient (Wildman–Crippen LogP) is 3.35. The molecule has 0 bridgehead atoms. The van der Waals surface area contributed by atoms with Crippen molar-refractivity contribution >= 4 is 41.7 Å². The molecule has 0 aromatic rings. The maximum absolute atomic E-state index is 4.69. The van der Waals surface area contributed by atoms with Gasteiger partial charge < -0.3 is 15.1 Å². The third-order valence-electron chi connectivity index (χ3n) is 7.55. The molecule has 0 amide bonds. The van der Waals surface area contributed by atoms with Crippen molar-refractivity contribution in [1.82, 2.24) is 20.0 Å². The number of aliphatic imine (C=N–C) groups is 1. The lowest BCUT2D eigenvalue weighted by molar-refractivity contribution is 0.0621. The normalized spacial score (nSPS) is 29.1. The molecule has 4 aliphatic rings. The zero-order valence-corrected chi connectivity index (χ0v) is 21.6. The molecule has 29 heavy (non-hydrogen) atoms. The number of hydrogen-bond donors (Lipinski definition) is 1. The molecule has 0 aromatic heterocycles. The zero-order valence-electron chi connectivity index (χ0n) is 18.4. The van der Waals surface area contributed by atoms with Crippen LogP contribution in [0.4, 0.5) is 0 Å². The van der Waals surface area contributed by atoms with Gasteiger partial charge in [0, 0.05) is 63.4 Å². The fourth-order valence-electron chi connectivity index (χ4n) is 5.93. The van der Waals surface area contributed by atoms with Crippen molar-refractivity contribution < 1.29 is 0 Å². The molecule has 0 spiro atoms. The van der Waals surface area contributed by atoms with Gasteiger partial charge in [-0.3, -0.25) is 9.89 Å². The van der Waals surface area contributed by atoms with Crippen LogP contribution < -0.4 is 5.32 Å². The second-order valence-corrected chi connectivity index (χ2v) is 10.6. The predicted molar refractivity (Wildman–Crippen MR) is 137 cm³/mol. The van der Waals surface area contributed by atoms with E-state index in [2.05, 4.69) is 31.8 Å². The largest absolute Gasteiger partial charge is 0.354 e. The van der Waals surface area contributed by atoms with E-state index in [0.29, 0.717) is 5.54 Å². The van der Waals surface area contributed by atoms with Gasteiger partial charge >= 0.3 is 0 Å². The monoisotopic (exact) mass is 535 g/mol. The fourth-order valence-corrected chi connectivity index (χ4v) is 6.84.